The molecule has 0 aliphatic carbocycles. The molecule has 0 spiro atoms. The molecule has 0 heterocycles. The minimum atomic E-state index is -0.629. The zero-order valence-corrected chi connectivity index (χ0v) is 7.79. The summed E-state index contributed by atoms with van der Waals surface area (Å²) >= 11 is 0. The molecular formula is C11H8FNO2. The van der Waals surface area contributed by atoms with Crippen LogP contribution < -0.4 is 5.73 Å². The maximum atomic E-state index is 13.0. The maximum Gasteiger partial charge on any atom is 0.229 e. The summed E-state index contributed by atoms with van der Waals surface area (Å²) in [5.41, 5.74) is 5.03. The third-order valence-electron chi connectivity index (χ3n) is 1.66. The minimum Gasteiger partial charge on any atom is -0.369 e. The van der Waals surface area contributed by atoms with Crippen LogP contribution in [0.5, 0.6) is 0 Å². The van der Waals surface area contributed by atoms with Crippen LogP contribution >= 0.6 is 0 Å². The molecule has 4 heteroatoms. The third kappa shape index (κ3) is 2.92. The van der Waals surface area contributed by atoms with E-state index < -0.39 is 11.7 Å². The molecule has 0 bridgehead atoms. The van der Waals surface area contributed by atoms with E-state index in [1.807, 2.05) is 0 Å². The van der Waals surface area contributed by atoms with E-state index >= 15 is 0 Å². The maximum absolute atomic E-state index is 13.0. The Morgan fingerprint density at radius 2 is 2.27 bits per heavy atom. The molecule has 1 amide bonds. The number of hydrogen-bond donors (Lipinski definition) is 1. The van der Waals surface area contributed by atoms with Crippen LogP contribution in [0.15, 0.2) is 18.2 Å². The van der Waals surface area contributed by atoms with Crippen LogP contribution in [0.2, 0.25) is 0 Å². The number of benzene rings is 1. The topological polar surface area (TPSA) is 60.2 Å². The molecule has 0 aromatic heterocycles. The Hall–Kier alpha value is -2.15. The lowest BCUT2D eigenvalue weighted by molar-refractivity contribution is -0.117. The first-order valence-electron chi connectivity index (χ1n) is 4.16. The molecule has 15 heavy (non-hydrogen) atoms. The van der Waals surface area contributed by atoms with Gasteiger partial charge in [0.05, 0.1) is 12.0 Å². The minimum absolute atomic E-state index is 0.102. The van der Waals surface area contributed by atoms with Gasteiger partial charge in [0.25, 0.3) is 0 Å². The average molecular weight is 205 g/mol. The van der Waals surface area contributed by atoms with Gasteiger partial charge in [0, 0.05) is 5.56 Å². The van der Waals surface area contributed by atoms with Gasteiger partial charge in [-0.3, -0.25) is 9.59 Å². The second-order valence-electron chi connectivity index (χ2n) is 2.76. The Kier molecular flexibility index (Phi) is 3.58. The second-order valence-corrected chi connectivity index (χ2v) is 2.76. The van der Waals surface area contributed by atoms with Crippen molar-refractivity contribution in [2.75, 3.05) is 0 Å². The Balaban J connectivity index is 3.02. The van der Waals surface area contributed by atoms with Crippen LogP contribution in [0.1, 0.15) is 22.3 Å². The number of amides is 1. The highest BCUT2D eigenvalue weighted by Gasteiger charge is 2.04. The first-order valence-corrected chi connectivity index (χ1v) is 4.16. The molecule has 0 fully saturated rings. The van der Waals surface area contributed by atoms with Gasteiger partial charge in [-0.15, -0.1) is 0 Å². The van der Waals surface area contributed by atoms with Crippen molar-refractivity contribution < 1.29 is 14.0 Å². The smallest absolute Gasteiger partial charge is 0.229 e. The highest BCUT2D eigenvalue weighted by molar-refractivity contribution is 5.80. The number of halogens is 1. The molecule has 0 saturated heterocycles. The highest BCUT2D eigenvalue weighted by Crippen LogP contribution is 2.09. The number of primary amides is 1. The van der Waals surface area contributed by atoms with E-state index in [9.17, 15) is 14.0 Å². The third-order valence-corrected chi connectivity index (χ3v) is 1.66. The van der Waals surface area contributed by atoms with Gasteiger partial charge in [-0.2, -0.15) is 0 Å². The molecule has 3 nitrogen and oxygen atoms in total. The molecule has 0 aliphatic heterocycles. The normalized spacial score (nSPS) is 8.87. The van der Waals surface area contributed by atoms with Gasteiger partial charge in [-0.05, 0) is 12.1 Å². The standard InChI is InChI=1S/C11H8FNO2/c12-10-5-1-3-8(9(10)7-14)4-2-6-11(13)15/h1,3,5,7H,6H2,(H2,13,15). The summed E-state index contributed by atoms with van der Waals surface area (Å²) < 4.78 is 13.0. The zero-order valence-electron chi connectivity index (χ0n) is 7.79. The molecule has 76 valence electrons. The van der Waals surface area contributed by atoms with Gasteiger partial charge in [-0.1, -0.05) is 17.9 Å². The number of aldehydes is 1. The fourth-order valence-corrected chi connectivity index (χ4v) is 0.992. The average Bonchev–Trinajstić information content (AvgIpc) is 2.17. The van der Waals surface area contributed by atoms with Gasteiger partial charge >= 0.3 is 0 Å². The molecule has 1 aromatic carbocycles. The van der Waals surface area contributed by atoms with Crippen LogP contribution in [-0.2, 0) is 4.79 Å². The number of hydrogen-bond acceptors (Lipinski definition) is 2. The van der Waals surface area contributed by atoms with E-state index in [1.165, 1.54) is 18.2 Å². The largest absolute Gasteiger partial charge is 0.369 e. The van der Waals surface area contributed by atoms with Crippen LogP contribution in [-0.4, -0.2) is 12.2 Å². The summed E-state index contributed by atoms with van der Waals surface area (Å²) in [5.74, 6) is 3.78. The monoisotopic (exact) mass is 205 g/mol. The summed E-state index contributed by atoms with van der Waals surface area (Å²) in [4.78, 5) is 20.9. The van der Waals surface area contributed by atoms with Crippen LogP contribution in [0.25, 0.3) is 0 Å². The summed E-state index contributed by atoms with van der Waals surface area (Å²) in [7, 11) is 0. The van der Waals surface area contributed by atoms with Crippen LogP contribution in [0.4, 0.5) is 4.39 Å². The van der Waals surface area contributed by atoms with E-state index in [0.29, 0.717) is 6.29 Å². The highest BCUT2D eigenvalue weighted by atomic mass is 19.1. The van der Waals surface area contributed by atoms with Crippen molar-refractivity contribution in [1.82, 2.24) is 0 Å². The number of carbonyl (C=O) groups excluding carboxylic acids is 2. The van der Waals surface area contributed by atoms with Gasteiger partial charge in [-0.25, -0.2) is 4.39 Å². The predicted octanol–water partition coefficient (Wildman–Crippen LogP) is 0.865. The predicted molar refractivity (Wildman–Crippen MR) is 52.5 cm³/mol. The summed E-state index contributed by atoms with van der Waals surface area (Å²) in [6.45, 7) is 0. The molecular weight excluding hydrogens is 197 g/mol. The Morgan fingerprint density at radius 3 is 2.87 bits per heavy atom. The molecule has 0 saturated carbocycles. The first kappa shape index (κ1) is 10.9. The van der Waals surface area contributed by atoms with Gasteiger partial charge in [0.15, 0.2) is 6.29 Å². The van der Waals surface area contributed by atoms with Gasteiger partial charge < -0.3 is 5.73 Å². The number of nitrogens with two attached hydrogens (primary N) is 1. The fourth-order valence-electron chi connectivity index (χ4n) is 0.992. The molecule has 1 rings (SSSR count). The molecule has 0 atom stereocenters. The second kappa shape index (κ2) is 4.91. The first-order chi connectivity index (χ1) is 7.15. The fraction of sp³-hybridized carbons (Fsp3) is 0.0909. The van der Waals surface area contributed by atoms with E-state index in [1.54, 1.807) is 0 Å². The van der Waals surface area contributed by atoms with Gasteiger partial charge in [0.1, 0.15) is 5.82 Å². The van der Waals surface area contributed by atoms with Crippen molar-refractivity contribution >= 4 is 12.2 Å². The Bertz CT molecular complexity index is 457. The van der Waals surface area contributed by atoms with E-state index in [4.69, 9.17) is 5.73 Å². The molecule has 0 aliphatic rings. The van der Waals surface area contributed by atoms with E-state index in [0.717, 1.165) is 0 Å². The lowest BCUT2D eigenvalue weighted by atomic mass is 10.1. The van der Waals surface area contributed by atoms with Crippen molar-refractivity contribution in [3.05, 3.63) is 35.1 Å². The zero-order chi connectivity index (χ0) is 11.3. The van der Waals surface area contributed by atoms with E-state index in [-0.39, 0.29) is 17.5 Å². The Labute approximate surface area is 86.1 Å². The summed E-state index contributed by atoms with van der Waals surface area (Å²) in [6, 6.07) is 4.11. The van der Waals surface area contributed by atoms with Crippen LogP contribution in [0, 0.1) is 17.7 Å². The molecule has 2 N–H and O–H groups in total. The van der Waals surface area contributed by atoms with Crippen molar-refractivity contribution in [3.63, 3.8) is 0 Å². The summed E-state index contributed by atoms with van der Waals surface area (Å²) in [5, 5.41) is 0. The number of carbonyl (C=O) groups is 2. The van der Waals surface area contributed by atoms with Crippen molar-refractivity contribution in [2.45, 2.75) is 6.42 Å². The number of rotatable bonds is 2. The molecule has 0 radical (unpaired) electrons. The van der Waals surface area contributed by atoms with Crippen molar-refractivity contribution in [2.24, 2.45) is 5.73 Å². The SMILES string of the molecule is NC(=O)CC#Cc1cccc(F)c1C=O. The van der Waals surface area contributed by atoms with Crippen LogP contribution in [0.3, 0.4) is 0 Å². The van der Waals surface area contributed by atoms with Gasteiger partial charge in [0.2, 0.25) is 5.91 Å². The lowest BCUT2D eigenvalue weighted by Gasteiger charge is -1.96. The molecule has 1 aromatic rings. The lowest BCUT2D eigenvalue weighted by Crippen LogP contribution is -2.08. The quantitative estimate of drug-likeness (QED) is 0.575. The Morgan fingerprint density at radius 1 is 1.53 bits per heavy atom. The summed E-state index contributed by atoms with van der Waals surface area (Å²) in [6.07, 6.45) is 0.276. The molecule has 0 unspecified atom stereocenters. The van der Waals surface area contributed by atoms with Crippen molar-refractivity contribution in [1.29, 1.82) is 0 Å². The van der Waals surface area contributed by atoms with E-state index in [2.05, 4.69) is 11.8 Å². The van der Waals surface area contributed by atoms with Crippen molar-refractivity contribution in [3.8, 4) is 11.8 Å².